The van der Waals surface area contributed by atoms with Crippen LogP contribution in [0.5, 0.6) is 0 Å². The van der Waals surface area contributed by atoms with Crippen molar-refractivity contribution in [3.8, 4) is 0 Å². The minimum absolute atomic E-state index is 0.0200. The number of hydrogen-bond acceptors (Lipinski definition) is 3. The molecule has 3 rings (SSSR count). The summed E-state index contributed by atoms with van der Waals surface area (Å²) in [5.41, 5.74) is 0.715. The van der Waals surface area contributed by atoms with Gasteiger partial charge in [-0.1, -0.05) is 41.4 Å². The second-order valence-electron chi connectivity index (χ2n) is 6.77. The lowest BCUT2D eigenvalue weighted by atomic mass is 10.0. The van der Waals surface area contributed by atoms with E-state index in [1.54, 1.807) is 25.1 Å². The molecule has 1 amide bonds. The van der Waals surface area contributed by atoms with Crippen molar-refractivity contribution in [1.29, 1.82) is 0 Å². The molecule has 160 valence electrons. The Morgan fingerprint density at radius 2 is 1.77 bits per heavy atom. The Morgan fingerprint density at radius 1 is 1.10 bits per heavy atom. The lowest BCUT2D eigenvalue weighted by molar-refractivity contribution is 0.0666. The smallest absolute Gasteiger partial charge is 0.354 e. The number of rotatable bonds is 6. The third-order valence-corrected chi connectivity index (χ3v) is 5.50. The summed E-state index contributed by atoms with van der Waals surface area (Å²) >= 11 is 12.4. The topological polar surface area (TPSA) is 70.5 Å². The highest BCUT2D eigenvalue weighted by Crippen LogP contribution is 2.34. The molecular formula is C22H16Cl2F2N2O3. The highest BCUT2D eigenvalue weighted by atomic mass is 35.5. The standard InChI is InChI=1S/C22H16Cl2F2N2O3/c1-12(17-3-2-4-18(23)20(17)24)28(11-13-5-6-19(22(30)31)27-10-13)21(29)14-7-15(25)9-16(26)8-14/h2-10,12H,11H2,1H3,(H,30,31)/t12-/m1/s1. The molecule has 0 bridgehead atoms. The van der Waals surface area contributed by atoms with Crippen LogP contribution in [0.2, 0.25) is 10.0 Å². The maximum absolute atomic E-state index is 13.7. The van der Waals surface area contributed by atoms with Gasteiger partial charge in [0.15, 0.2) is 0 Å². The maximum Gasteiger partial charge on any atom is 0.354 e. The van der Waals surface area contributed by atoms with Crippen molar-refractivity contribution >= 4 is 35.1 Å². The average molecular weight is 465 g/mol. The lowest BCUT2D eigenvalue weighted by Crippen LogP contribution is -2.33. The third kappa shape index (κ3) is 5.18. The molecule has 1 atom stereocenters. The van der Waals surface area contributed by atoms with E-state index in [9.17, 15) is 18.4 Å². The van der Waals surface area contributed by atoms with E-state index in [-0.39, 0.29) is 22.8 Å². The predicted molar refractivity (Wildman–Crippen MR) is 112 cm³/mol. The van der Waals surface area contributed by atoms with E-state index < -0.39 is 29.6 Å². The van der Waals surface area contributed by atoms with Crippen molar-refractivity contribution in [2.75, 3.05) is 0 Å². The zero-order valence-electron chi connectivity index (χ0n) is 16.2. The molecule has 31 heavy (non-hydrogen) atoms. The number of carboxylic acid groups (broad SMARTS) is 1. The number of pyridine rings is 1. The monoisotopic (exact) mass is 464 g/mol. The third-order valence-electron chi connectivity index (χ3n) is 4.67. The highest BCUT2D eigenvalue weighted by Gasteiger charge is 2.26. The number of nitrogens with zero attached hydrogens (tertiary/aromatic N) is 2. The van der Waals surface area contributed by atoms with Crippen LogP contribution in [-0.2, 0) is 6.54 Å². The van der Waals surface area contributed by atoms with Gasteiger partial charge in [0.2, 0.25) is 0 Å². The van der Waals surface area contributed by atoms with Gasteiger partial charge in [-0.15, -0.1) is 0 Å². The molecule has 0 radical (unpaired) electrons. The molecule has 0 fully saturated rings. The number of aromatic nitrogens is 1. The van der Waals surface area contributed by atoms with Crippen molar-refractivity contribution in [3.05, 3.63) is 98.8 Å². The fraction of sp³-hybridized carbons (Fsp3) is 0.136. The molecule has 3 aromatic rings. The summed E-state index contributed by atoms with van der Waals surface area (Å²) < 4.78 is 27.4. The Morgan fingerprint density at radius 3 is 2.35 bits per heavy atom. The van der Waals surface area contributed by atoms with Gasteiger partial charge in [0.1, 0.15) is 17.3 Å². The summed E-state index contributed by atoms with van der Waals surface area (Å²) in [4.78, 5) is 29.5. The summed E-state index contributed by atoms with van der Waals surface area (Å²) in [5, 5.41) is 9.56. The van der Waals surface area contributed by atoms with E-state index >= 15 is 0 Å². The maximum atomic E-state index is 13.7. The summed E-state index contributed by atoms with van der Waals surface area (Å²) in [7, 11) is 0. The van der Waals surface area contributed by atoms with Gasteiger partial charge in [-0.05, 0) is 42.3 Å². The number of benzene rings is 2. The normalized spacial score (nSPS) is 11.8. The molecule has 0 saturated carbocycles. The molecule has 1 N–H and O–H groups in total. The van der Waals surface area contributed by atoms with E-state index in [0.717, 1.165) is 12.1 Å². The molecule has 0 spiro atoms. The Hall–Kier alpha value is -3.03. The minimum Gasteiger partial charge on any atom is -0.477 e. The molecule has 0 unspecified atom stereocenters. The average Bonchev–Trinajstić information content (AvgIpc) is 2.72. The molecule has 0 aliphatic carbocycles. The first kappa shape index (κ1) is 22.7. The number of aromatic carboxylic acids is 1. The van der Waals surface area contributed by atoms with Crippen molar-refractivity contribution in [2.45, 2.75) is 19.5 Å². The quantitative estimate of drug-likeness (QED) is 0.502. The van der Waals surface area contributed by atoms with Gasteiger partial charge in [0, 0.05) is 24.4 Å². The van der Waals surface area contributed by atoms with E-state index in [1.165, 1.54) is 23.2 Å². The number of carbonyl (C=O) groups is 2. The zero-order valence-corrected chi connectivity index (χ0v) is 17.7. The first-order chi connectivity index (χ1) is 14.7. The number of carbonyl (C=O) groups excluding carboxylic acids is 1. The molecule has 1 aromatic heterocycles. The van der Waals surface area contributed by atoms with Gasteiger partial charge >= 0.3 is 5.97 Å². The van der Waals surface area contributed by atoms with E-state index in [2.05, 4.69) is 4.98 Å². The molecule has 2 aromatic carbocycles. The van der Waals surface area contributed by atoms with Gasteiger partial charge in [-0.3, -0.25) is 4.79 Å². The number of hydrogen-bond donors (Lipinski definition) is 1. The Balaban J connectivity index is 2.03. The Kier molecular flexibility index (Phi) is 6.87. The second-order valence-corrected chi connectivity index (χ2v) is 7.55. The van der Waals surface area contributed by atoms with E-state index in [1.807, 2.05) is 0 Å². The van der Waals surface area contributed by atoms with Crippen molar-refractivity contribution in [2.24, 2.45) is 0 Å². The van der Waals surface area contributed by atoms with Crippen LogP contribution in [0.25, 0.3) is 0 Å². The van der Waals surface area contributed by atoms with Crippen LogP contribution < -0.4 is 0 Å². The van der Waals surface area contributed by atoms with Gasteiger partial charge < -0.3 is 10.0 Å². The van der Waals surface area contributed by atoms with Gasteiger partial charge in [0.25, 0.3) is 5.91 Å². The summed E-state index contributed by atoms with van der Waals surface area (Å²) in [6.07, 6.45) is 1.32. The molecule has 0 saturated heterocycles. The number of halogens is 4. The number of carboxylic acids is 1. The van der Waals surface area contributed by atoms with Crippen molar-refractivity contribution in [1.82, 2.24) is 9.88 Å². The van der Waals surface area contributed by atoms with Crippen molar-refractivity contribution in [3.63, 3.8) is 0 Å². The molecule has 1 heterocycles. The van der Waals surface area contributed by atoms with Crippen LogP contribution in [0.4, 0.5) is 8.78 Å². The first-order valence-electron chi connectivity index (χ1n) is 9.06. The van der Waals surface area contributed by atoms with Crippen molar-refractivity contribution < 1.29 is 23.5 Å². The van der Waals surface area contributed by atoms with Gasteiger partial charge in [-0.25, -0.2) is 18.6 Å². The van der Waals surface area contributed by atoms with Crippen LogP contribution >= 0.6 is 23.2 Å². The summed E-state index contributed by atoms with van der Waals surface area (Å²) in [6.45, 7) is 1.68. The molecule has 0 aliphatic heterocycles. The SMILES string of the molecule is C[C@H](c1cccc(Cl)c1Cl)N(Cc1ccc(C(=O)O)nc1)C(=O)c1cc(F)cc(F)c1. The summed E-state index contributed by atoms with van der Waals surface area (Å²) in [6, 6.07) is 9.70. The number of amides is 1. The Bertz CT molecular complexity index is 1120. The molecular weight excluding hydrogens is 449 g/mol. The second kappa shape index (κ2) is 9.41. The largest absolute Gasteiger partial charge is 0.477 e. The van der Waals surface area contributed by atoms with Gasteiger partial charge in [-0.2, -0.15) is 0 Å². The fourth-order valence-electron chi connectivity index (χ4n) is 3.08. The fourth-order valence-corrected chi connectivity index (χ4v) is 3.55. The van der Waals surface area contributed by atoms with Crippen LogP contribution in [0.3, 0.4) is 0 Å². The molecule has 9 heteroatoms. The Labute approximate surface area is 186 Å². The lowest BCUT2D eigenvalue weighted by Gasteiger charge is -2.30. The van der Waals surface area contributed by atoms with Crippen LogP contribution in [0.15, 0.2) is 54.7 Å². The van der Waals surface area contributed by atoms with Crippen LogP contribution in [-0.4, -0.2) is 26.9 Å². The summed E-state index contributed by atoms with van der Waals surface area (Å²) in [5.74, 6) is -3.61. The molecule has 0 aliphatic rings. The molecule has 5 nitrogen and oxygen atoms in total. The van der Waals surface area contributed by atoms with Gasteiger partial charge in [0.05, 0.1) is 16.1 Å². The van der Waals surface area contributed by atoms with Crippen LogP contribution in [0, 0.1) is 11.6 Å². The van der Waals surface area contributed by atoms with Crippen LogP contribution in [0.1, 0.15) is 44.9 Å². The van der Waals surface area contributed by atoms with E-state index in [4.69, 9.17) is 28.3 Å². The zero-order chi connectivity index (χ0) is 22.7. The van der Waals surface area contributed by atoms with E-state index in [0.29, 0.717) is 22.2 Å². The minimum atomic E-state index is -1.19. The predicted octanol–water partition coefficient (Wildman–Crippen LogP) is 5.77. The first-order valence-corrected chi connectivity index (χ1v) is 9.82. The highest BCUT2D eigenvalue weighted by molar-refractivity contribution is 6.42.